The van der Waals surface area contributed by atoms with Crippen molar-refractivity contribution in [3.63, 3.8) is 0 Å². The van der Waals surface area contributed by atoms with Gasteiger partial charge in [-0.2, -0.15) is 21.6 Å². The van der Waals surface area contributed by atoms with Gasteiger partial charge in [0.2, 0.25) is 0 Å². The topological polar surface area (TPSA) is 74.7 Å². The molecule has 6 nitrogen and oxygen atoms in total. The summed E-state index contributed by atoms with van der Waals surface area (Å²) < 4.78 is 75.7. The second kappa shape index (κ2) is 9.66. The Bertz CT molecular complexity index is 1090. The lowest BCUT2D eigenvalue weighted by atomic mass is 10.2. The molecule has 2 aromatic carbocycles. The van der Waals surface area contributed by atoms with Gasteiger partial charge in [0.1, 0.15) is 6.61 Å². The first-order chi connectivity index (χ1) is 14.2. The Hall–Kier alpha value is -3.01. The molecular formula is C20H20F3NO5S. The largest absolute Gasteiger partial charge is 0.534 e. The van der Waals surface area contributed by atoms with E-state index in [4.69, 9.17) is 9.47 Å². The molecule has 0 spiro atoms. The van der Waals surface area contributed by atoms with Crippen LogP contribution in [0.5, 0.6) is 17.2 Å². The van der Waals surface area contributed by atoms with E-state index in [9.17, 15) is 21.6 Å². The van der Waals surface area contributed by atoms with Crippen LogP contribution >= 0.6 is 0 Å². The predicted octanol–water partition coefficient (Wildman–Crippen LogP) is 5.08. The summed E-state index contributed by atoms with van der Waals surface area (Å²) in [6.45, 7) is 4.22. The lowest BCUT2D eigenvalue weighted by Crippen LogP contribution is -2.28. The van der Waals surface area contributed by atoms with Crippen molar-refractivity contribution in [1.29, 1.82) is 0 Å². The van der Waals surface area contributed by atoms with E-state index in [0.717, 1.165) is 17.8 Å². The van der Waals surface area contributed by atoms with Crippen LogP contribution in [0.4, 0.5) is 13.2 Å². The highest BCUT2D eigenvalue weighted by atomic mass is 32.2. The van der Waals surface area contributed by atoms with Gasteiger partial charge in [0.15, 0.2) is 17.2 Å². The minimum absolute atomic E-state index is 0.0271. The maximum atomic E-state index is 12.6. The van der Waals surface area contributed by atoms with Crippen molar-refractivity contribution in [3.8, 4) is 17.2 Å². The summed E-state index contributed by atoms with van der Waals surface area (Å²) in [5.41, 5.74) is -4.48. The van der Waals surface area contributed by atoms with Crippen molar-refractivity contribution < 1.29 is 35.2 Å². The average molecular weight is 443 g/mol. The van der Waals surface area contributed by atoms with E-state index in [2.05, 4.69) is 9.17 Å². The molecule has 0 unspecified atom stereocenters. The molecule has 0 aliphatic carbocycles. The molecule has 0 saturated carbocycles. The number of pyridine rings is 1. The molecule has 3 rings (SSSR count). The van der Waals surface area contributed by atoms with Crippen molar-refractivity contribution in [3.05, 3.63) is 60.3 Å². The Balaban J connectivity index is 0.00000155. The molecule has 0 fully saturated rings. The second-order valence-electron chi connectivity index (χ2n) is 5.59. The number of ether oxygens (including phenoxy) is 2. The highest BCUT2D eigenvalue weighted by Gasteiger charge is 2.48. The molecule has 10 heteroatoms. The predicted molar refractivity (Wildman–Crippen MR) is 106 cm³/mol. The Morgan fingerprint density at radius 3 is 2.23 bits per heavy atom. The zero-order chi connectivity index (χ0) is 22.4. The van der Waals surface area contributed by atoms with Crippen molar-refractivity contribution in [1.82, 2.24) is 4.98 Å². The lowest BCUT2D eigenvalue weighted by Gasteiger charge is -2.14. The van der Waals surface area contributed by atoms with E-state index in [0.29, 0.717) is 5.75 Å². The Kier molecular flexibility index (Phi) is 7.49. The number of fused-ring (bicyclic) bond motifs is 1. The summed E-state index contributed by atoms with van der Waals surface area (Å²) in [4.78, 5) is 4.03. The Morgan fingerprint density at radius 2 is 1.63 bits per heavy atom. The van der Waals surface area contributed by atoms with Crippen LogP contribution in [0.15, 0.2) is 54.7 Å². The Morgan fingerprint density at radius 1 is 0.967 bits per heavy atom. The van der Waals surface area contributed by atoms with Gasteiger partial charge >= 0.3 is 15.6 Å². The smallest absolute Gasteiger partial charge is 0.493 e. The summed E-state index contributed by atoms with van der Waals surface area (Å²) >= 11 is 0. The molecule has 1 aromatic heterocycles. The second-order valence-corrected chi connectivity index (χ2v) is 7.12. The molecule has 1 heterocycles. The average Bonchev–Trinajstić information content (AvgIpc) is 2.73. The summed E-state index contributed by atoms with van der Waals surface area (Å²) in [5, 5.41) is 0.0271. The lowest BCUT2D eigenvalue weighted by molar-refractivity contribution is -0.0499. The molecule has 0 aliphatic rings. The van der Waals surface area contributed by atoms with Gasteiger partial charge in [-0.3, -0.25) is 4.98 Å². The Labute approximate surface area is 172 Å². The number of nitrogens with zero attached hydrogens (tertiary/aromatic N) is 1. The first kappa shape index (κ1) is 23.3. The molecule has 0 saturated heterocycles. The molecule has 0 radical (unpaired) electrons. The van der Waals surface area contributed by atoms with E-state index in [1.54, 1.807) is 0 Å². The molecule has 0 bridgehead atoms. The van der Waals surface area contributed by atoms with E-state index >= 15 is 0 Å². The van der Waals surface area contributed by atoms with Crippen LogP contribution in [0.2, 0.25) is 0 Å². The maximum Gasteiger partial charge on any atom is 0.534 e. The number of hydrogen-bond donors (Lipinski definition) is 0. The highest BCUT2D eigenvalue weighted by molar-refractivity contribution is 7.88. The van der Waals surface area contributed by atoms with E-state index in [-0.39, 0.29) is 23.3 Å². The van der Waals surface area contributed by atoms with Crippen molar-refractivity contribution in [2.75, 3.05) is 7.11 Å². The highest BCUT2D eigenvalue weighted by Crippen LogP contribution is 2.37. The van der Waals surface area contributed by atoms with Crippen LogP contribution in [0.25, 0.3) is 10.9 Å². The zero-order valence-corrected chi connectivity index (χ0v) is 17.3. The number of alkyl halides is 3. The summed E-state index contributed by atoms with van der Waals surface area (Å²) in [7, 11) is -4.47. The fourth-order valence-corrected chi connectivity index (χ4v) is 2.85. The SMILES string of the molecule is CC.COc1cc2c(OS(=O)(=O)C(F)(F)F)ccnc2cc1OCc1ccccc1. The summed E-state index contributed by atoms with van der Waals surface area (Å²) in [5.74, 6) is -0.0388. The van der Waals surface area contributed by atoms with Crippen molar-refractivity contribution in [2.24, 2.45) is 0 Å². The molecule has 0 N–H and O–H groups in total. The van der Waals surface area contributed by atoms with Crippen LogP contribution in [-0.4, -0.2) is 26.0 Å². The molecule has 0 atom stereocenters. The van der Waals surface area contributed by atoms with Crippen LogP contribution in [0.1, 0.15) is 19.4 Å². The molecule has 0 aliphatic heterocycles. The van der Waals surface area contributed by atoms with Crippen LogP contribution in [-0.2, 0) is 16.7 Å². The molecule has 30 heavy (non-hydrogen) atoms. The normalized spacial score (nSPS) is 11.4. The van der Waals surface area contributed by atoms with E-state index < -0.39 is 21.4 Å². The minimum atomic E-state index is -5.82. The number of benzene rings is 2. The van der Waals surface area contributed by atoms with Gasteiger partial charge in [-0.25, -0.2) is 0 Å². The summed E-state index contributed by atoms with van der Waals surface area (Å²) in [6, 6.07) is 13.1. The molecule has 0 amide bonds. The van der Waals surface area contributed by atoms with Gasteiger partial charge < -0.3 is 13.7 Å². The van der Waals surface area contributed by atoms with Crippen molar-refractivity contribution >= 4 is 21.0 Å². The standard InChI is InChI=1S/C18H14F3NO5S.C2H6/c1-25-16-9-13-14(10-17(16)26-11-12-5-3-2-4-6-12)22-8-7-15(13)27-28(23,24)18(19,20)21;1-2/h2-10H,11H2,1H3;1-2H3. The van der Waals surface area contributed by atoms with E-state index in [1.165, 1.54) is 19.2 Å². The van der Waals surface area contributed by atoms with Gasteiger partial charge in [0.25, 0.3) is 0 Å². The quantitative estimate of drug-likeness (QED) is 0.391. The van der Waals surface area contributed by atoms with Gasteiger partial charge in [-0.15, -0.1) is 0 Å². The number of halogens is 3. The number of hydrogen-bond acceptors (Lipinski definition) is 6. The first-order valence-corrected chi connectivity index (χ1v) is 10.3. The number of rotatable bonds is 6. The third-order valence-electron chi connectivity index (χ3n) is 3.71. The third-order valence-corrected chi connectivity index (χ3v) is 4.67. The van der Waals surface area contributed by atoms with Crippen LogP contribution in [0, 0.1) is 0 Å². The zero-order valence-electron chi connectivity index (χ0n) is 16.4. The first-order valence-electron chi connectivity index (χ1n) is 8.85. The van der Waals surface area contributed by atoms with Crippen LogP contribution in [0.3, 0.4) is 0 Å². The minimum Gasteiger partial charge on any atom is -0.493 e. The van der Waals surface area contributed by atoms with Gasteiger partial charge in [0, 0.05) is 23.7 Å². The number of methoxy groups -OCH3 is 1. The fourth-order valence-electron chi connectivity index (χ4n) is 2.37. The van der Waals surface area contributed by atoms with Crippen molar-refractivity contribution in [2.45, 2.75) is 26.0 Å². The van der Waals surface area contributed by atoms with Gasteiger partial charge in [0.05, 0.1) is 12.6 Å². The molecule has 3 aromatic rings. The van der Waals surface area contributed by atoms with Crippen LogP contribution < -0.4 is 13.7 Å². The summed E-state index contributed by atoms with van der Waals surface area (Å²) in [6.07, 6.45) is 1.14. The molecular weight excluding hydrogens is 423 g/mol. The third kappa shape index (κ3) is 5.32. The van der Waals surface area contributed by atoms with Gasteiger partial charge in [-0.05, 0) is 11.6 Å². The van der Waals surface area contributed by atoms with Gasteiger partial charge in [-0.1, -0.05) is 44.2 Å². The van der Waals surface area contributed by atoms with E-state index in [1.807, 2.05) is 44.2 Å². The fraction of sp³-hybridized carbons (Fsp3) is 0.250. The molecule has 162 valence electrons. The monoisotopic (exact) mass is 443 g/mol. The maximum absolute atomic E-state index is 12.6. The number of aromatic nitrogens is 1.